The van der Waals surface area contributed by atoms with Gasteiger partial charge in [0, 0.05) is 6.92 Å². The summed E-state index contributed by atoms with van der Waals surface area (Å²) in [4.78, 5) is 36.1. The van der Waals surface area contributed by atoms with E-state index in [1.807, 2.05) is 6.07 Å². The van der Waals surface area contributed by atoms with E-state index >= 15 is 0 Å². The van der Waals surface area contributed by atoms with Crippen LogP contribution in [0.2, 0.25) is 0 Å². The van der Waals surface area contributed by atoms with E-state index < -0.39 is 23.4 Å². The lowest BCUT2D eigenvalue weighted by atomic mass is 9.87. The van der Waals surface area contributed by atoms with Crippen LogP contribution < -0.4 is 5.32 Å². The van der Waals surface area contributed by atoms with Gasteiger partial charge in [-0.3, -0.25) is 9.59 Å². The van der Waals surface area contributed by atoms with Crippen LogP contribution in [-0.2, 0) is 15.1 Å². The number of carbonyl (C=O) groups is 3. The average Bonchev–Trinajstić information content (AvgIpc) is 2.62. The van der Waals surface area contributed by atoms with Gasteiger partial charge in [0.15, 0.2) is 0 Å². The standard InChI is InChI=1S/C13H14N2O3/c1-3-13(10-7-5-4-6-8-10)11(17)15(9(2)16)12(18)14-13/h4-8H,3H2,1-2H3,(H,14,18). The summed E-state index contributed by atoms with van der Waals surface area (Å²) in [6.07, 6.45) is 0.394. The van der Waals surface area contributed by atoms with Crippen LogP contribution in [0.4, 0.5) is 4.79 Å². The Morgan fingerprint density at radius 2 is 1.89 bits per heavy atom. The molecule has 0 spiro atoms. The van der Waals surface area contributed by atoms with Gasteiger partial charge in [0.05, 0.1) is 0 Å². The zero-order valence-electron chi connectivity index (χ0n) is 10.3. The number of nitrogens with one attached hydrogen (secondary N) is 1. The summed E-state index contributed by atoms with van der Waals surface area (Å²) in [7, 11) is 0. The van der Waals surface area contributed by atoms with E-state index in [-0.39, 0.29) is 0 Å². The molecule has 1 heterocycles. The van der Waals surface area contributed by atoms with Crippen LogP contribution in [0.15, 0.2) is 30.3 Å². The molecule has 1 fully saturated rings. The molecule has 4 amide bonds. The van der Waals surface area contributed by atoms with Crippen LogP contribution in [0.1, 0.15) is 25.8 Å². The van der Waals surface area contributed by atoms with E-state index in [0.717, 1.165) is 0 Å². The van der Waals surface area contributed by atoms with Crippen LogP contribution in [0, 0.1) is 0 Å². The fourth-order valence-electron chi connectivity index (χ4n) is 2.22. The normalized spacial score (nSPS) is 23.1. The molecule has 1 aromatic rings. The summed E-state index contributed by atoms with van der Waals surface area (Å²) >= 11 is 0. The van der Waals surface area contributed by atoms with Gasteiger partial charge in [0.1, 0.15) is 5.54 Å². The first-order valence-electron chi connectivity index (χ1n) is 5.75. The lowest BCUT2D eigenvalue weighted by Gasteiger charge is -2.25. The Labute approximate surface area is 105 Å². The summed E-state index contributed by atoms with van der Waals surface area (Å²) in [6.45, 7) is 3.00. The van der Waals surface area contributed by atoms with E-state index in [4.69, 9.17) is 0 Å². The Morgan fingerprint density at radius 3 is 2.33 bits per heavy atom. The first-order valence-corrected chi connectivity index (χ1v) is 5.75. The van der Waals surface area contributed by atoms with Gasteiger partial charge in [-0.25, -0.2) is 4.79 Å². The summed E-state index contributed by atoms with van der Waals surface area (Å²) in [5, 5.41) is 2.63. The summed E-state index contributed by atoms with van der Waals surface area (Å²) in [5.74, 6) is -1.07. The maximum atomic E-state index is 12.3. The minimum atomic E-state index is -1.12. The third kappa shape index (κ3) is 1.59. The van der Waals surface area contributed by atoms with Crippen molar-refractivity contribution in [1.82, 2.24) is 10.2 Å². The quantitative estimate of drug-likeness (QED) is 0.802. The van der Waals surface area contributed by atoms with Crippen LogP contribution in [0.5, 0.6) is 0 Å². The van der Waals surface area contributed by atoms with Gasteiger partial charge < -0.3 is 5.32 Å². The highest BCUT2D eigenvalue weighted by molar-refractivity contribution is 6.17. The Bertz CT molecular complexity index is 512. The second-order valence-electron chi connectivity index (χ2n) is 4.21. The molecule has 0 bridgehead atoms. The number of urea groups is 1. The Kier molecular flexibility index (Phi) is 2.90. The van der Waals surface area contributed by atoms with Gasteiger partial charge in [0.2, 0.25) is 5.91 Å². The molecule has 1 saturated heterocycles. The van der Waals surface area contributed by atoms with Crippen molar-refractivity contribution in [3.63, 3.8) is 0 Å². The van der Waals surface area contributed by atoms with Crippen molar-refractivity contribution in [3.8, 4) is 0 Å². The molecule has 0 radical (unpaired) electrons. The molecule has 1 aromatic carbocycles. The monoisotopic (exact) mass is 246 g/mol. The van der Waals surface area contributed by atoms with E-state index in [1.165, 1.54) is 6.92 Å². The van der Waals surface area contributed by atoms with Crippen molar-refractivity contribution in [1.29, 1.82) is 0 Å². The van der Waals surface area contributed by atoms with Crippen molar-refractivity contribution in [3.05, 3.63) is 35.9 Å². The maximum absolute atomic E-state index is 12.3. The zero-order chi connectivity index (χ0) is 13.3. The number of amides is 4. The Hall–Kier alpha value is -2.17. The molecule has 0 saturated carbocycles. The largest absolute Gasteiger partial charge is 0.332 e. The second kappa shape index (κ2) is 4.25. The van der Waals surface area contributed by atoms with Gasteiger partial charge in [-0.15, -0.1) is 0 Å². The lowest BCUT2D eigenvalue weighted by Crippen LogP contribution is -2.43. The minimum Gasteiger partial charge on any atom is -0.319 e. The van der Waals surface area contributed by atoms with Crippen molar-refractivity contribution in [2.75, 3.05) is 0 Å². The second-order valence-corrected chi connectivity index (χ2v) is 4.21. The molecular weight excluding hydrogens is 232 g/mol. The molecule has 5 heteroatoms. The van der Waals surface area contributed by atoms with Crippen LogP contribution in [-0.4, -0.2) is 22.7 Å². The minimum absolute atomic E-state index is 0.394. The molecule has 1 N–H and O–H groups in total. The molecule has 1 aliphatic heterocycles. The first-order chi connectivity index (χ1) is 8.53. The van der Waals surface area contributed by atoms with Crippen molar-refractivity contribution in [2.45, 2.75) is 25.8 Å². The Morgan fingerprint density at radius 1 is 1.28 bits per heavy atom. The summed E-state index contributed by atoms with van der Waals surface area (Å²) in [6, 6.07) is 8.30. The smallest absolute Gasteiger partial charge is 0.319 e. The van der Waals surface area contributed by atoms with Gasteiger partial charge >= 0.3 is 6.03 Å². The zero-order valence-corrected chi connectivity index (χ0v) is 10.3. The molecule has 94 valence electrons. The SMILES string of the molecule is CCC1(c2ccccc2)NC(=O)N(C(C)=O)C1=O. The lowest BCUT2D eigenvalue weighted by molar-refractivity contribution is -0.140. The third-order valence-electron chi connectivity index (χ3n) is 3.20. The van der Waals surface area contributed by atoms with Gasteiger partial charge in [-0.05, 0) is 12.0 Å². The maximum Gasteiger partial charge on any atom is 0.332 e. The van der Waals surface area contributed by atoms with E-state index in [1.54, 1.807) is 31.2 Å². The highest BCUT2D eigenvalue weighted by Crippen LogP contribution is 2.32. The number of imide groups is 3. The predicted octanol–water partition coefficient (Wildman–Crippen LogP) is 1.39. The van der Waals surface area contributed by atoms with E-state index in [2.05, 4.69) is 5.32 Å². The van der Waals surface area contributed by atoms with Crippen molar-refractivity contribution in [2.24, 2.45) is 0 Å². The third-order valence-corrected chi connectivity index (χ3v) is 3.20. The summed E-state index contributed by atoms with van der Waals surface area (Å²) in [5.41, 5.74) is -0.432. The van der Waals surface area contributed by atoms with Gasteiger partial charge in [-0.1, -0.05) is 37.3 Å². The van der Waals surface area contributed by atoms with Crippen LogP contribution in [0.3, 0.4) is 0 Å². The molecule has 1 aliphatic rings. The molecule has 1 atom stereocenters. The van der Waals surface area contributed by atoms with Gasteiger partial charge in [-0.2, -0.15) is 4.90 Å². The molecule has 18 heavy (non-hydrogen) atoms. The van der Waals surface area contributed by atoms with Crippen molar-refractivity contribution >= 4 is 17.8 Å². The molecule has 5 nitrogen and oxygen atoms in total. The molecular formula is C13H14N2O3. The highest BCUT2D eigenvalue weighted by Gasteiger charge is 2.52. The first kappa shape index (κ1) is 12.3. The highest BCUT2D eigenvalue weighted by atomic mass is 16.2. The van der Waals surface area contributed by atoms with Gasteiger partial charge in [0.25, 0.3) is 5.91 Å². The number of hydrogen-bond acceptors (Lipinski definition) is 3. The molecule has 0 aromatic heterocycles. The predicted molar refractivity (Wildman–Crippen MR) is 64.5 cm³/mol. The average molecular weight is 246 g/mol. The molecule has 1 unspecified atom stereocenters. The Balaban J connectivity index is 2.51. The van der Waals surface area contributed by atoms with Crippen LogP contribution in [0.25, 0.3) is 0 Å². The fourth-order valence-corrected chi connectivity index (χ4v) is 2.22. The summed E-state index contributed by atoms with van der Waals surface area (Å²) < 4.78 is 0. The van der Waals surface area contributed by atoms with E-state index in [9.17, 15) is 14.4 Å². The molecule has 0 aliphatic carbocycles. The number of nitrogens with zero attached hydrogens (tertiary/aromatic N) is 1. The van der Waals surface area contributed by atoms with Crippen LogP contribution >= 0.6 is 0 Å². The van der Waals surface area contributed by atoms with Crippen molar-refractivity contribution < 1.29 is 14.4 Å². The number of benzene rings is 1. The topological polar surface area (TPSA) is 66.5 Å². The number of rotatable bonds is 2. The van der Waals surface area contributed by atoms with E-state index in [0.29, 0.717) is 16.9 Å². The molecule has 2 rings (SSSR count). The number of hydrogen-bond donors (Lipinski definition) is 1. The number of carbonyl (C=O) groups excluding carboxylic acids is 3. The fraction of sp³-hybridized carbons (Fsp3) is 0.308.